The van der Waals surface area contributed by atoms with Crippen molar-refractivity contribution in [3.63, 3.8) is 0 Å². The van der Waals surface area contributed by atoms with Crippen LogP contribution in [0.1, 0.15) is 27.7 Å². The molecule has 0 bridgehead atoms. The smallest absolute Gasteiger partial charge is 0.212 e. The first-order valence-electron chi connectivity index (χ1n) is 5.32. The summed E-state index contributed by atoms with van der Waals surface area (Å²) in [5, 5.41) is 0. The van der Waals surface area contributed by atoms with Gasteiger partial charge in [-0.3, -0.25) is 0 Å². The lowest BCUT2D eigenvalue weighted by atomic mass is 10.0. The Hall–Kier alpha value is -0.390. The van der Waals surface area contributed by atoms with E-state index in [9.17, 15) is 8.42 Å². The Bertz CT molecular complexity index is 315. The van der Waals surface area contributed by atoms with Crippen molar-refractivity contribution in [1.29, 1.82) is 0 Å². The number of ether oxygens (including phenoxy) is 1. The quantitative estimate of drug-likeness (QED) is 0.550. The van der Waals surface area contributed by atoms with Crippen LogP contribution in [-0.2, 0) is 14.8 Å². The van der Waals surface area contributed by atoms with E-state index < -0.39 is 10.0 Å². The topological polar surface area (TPSA) is 55.4 Å². The predicted molar refractivity (Wildman–Crippen MR) is 66.9 cm³/mol. The largest absolute Gasteiger partial charge is 0.376 e. The highest BCUT2D eigenvalue weighted by Crippen LogP contribution is 2.14. The Labute approximate surface area is 99.1 Å². The summed E-state index contributed by atoms with van der Waals surface area (Å²) < 4.78 is 30.8. The van der Waals surface area contributed by atoms with Crippen molar-refractivity contribution in [2.24, 2.45) is 5.41 Å². The zero-order chi connectivity index (χ0) is 12.8. The van der Waals surface area contributed by atoms with Crippen LogP contribution >= 0.6 is 0 Å². The van der Waals surface area contributed by atoms with Crippen LogP contribution in [0.3, 0.4) is 0 Å². The van der Waals surface area contributed by atoms with Gasteiger partial charge in [0.2, 0.25) is 10.0 Å². The molecule has 1 N–H and O–H groups in total. The van der Waals surface area contributed by atoms with Crippen molar-refractivity contribution in [3.8, 4) is 0 Å². The van der Waals surface area contributed by atoms with Crippen LogP contribution in [0.5, 0.6) is 0 Å². The molecule has 0 saturated carbocycles. The zero-order valence-electron chi connectivity index (χ0n) is 10.7. The van der Waals surface area contributed by atoms with Gasteiger partial charge >= 0.3 is 0 Å². The van der Waals surface area contributed by atoms with Gasteiger partial charge in [-0.05, 0) is 12.3 Å². The van der Waals surface area contributed by atoms with E-state index >= 15 is 0 Å². The Kier molecular flexibility index (Phi) is 6.22. The standard InChI is InChI=1S/C11H23NO3S/c1-10(2)8-15-7-6-12-16(13,14)9-11(3,4)5/h12H,1,6-9H2,2-5H3. The minimum atomic E-state index is -3.19. The van der Waals surface area contributed by atoms with Gasteiger partial charge in [0, 0.05) is 6.54 Å². The molecule has 0 amide bonds. The van der Waals surface area contributed by atoms with E-state index in [-0.39, 0.29) is 11.2 Å². The molecule has 0 aliphatic carbocycles. The molecule has 0 saturated heterocycles. The highest BCUT2D eigenvalue weighted by atomic mass is 32.2. The molecule has 0 rings (SSSR count). The van der Waals surface area contributed by atoms with Crippen LogP contribution in [0.4, 0.5) is 0 Å². The number of hydrogen-bond acceptors (Lipinski definition) is 3. The third-order valence-corrected chi connectivity index (χ3v) is 3.43. The van der Waals surface area contributed by atoms with Crippen LogP contribution in [0.2, 0.25) is 0 Å². The molecule has 0 aromatic heterocycles. The monoisotopic (exact) mass is 249 g/mol. The summed E-state index contributed by atoms with van der Waals surface area (Å²) in [6, 6.07) is 0. The normalized spacial score (nSPS) is 12.8. The third kappa shape index (κ3) is 10.1. The molecule has 0 heterocycles. The summed E-state index contributed by atoms with van der Waals surface area (Å²) in [5.74, 6) is 0.125. The van der Waals surface area contributed by atoms with E-state index in [1.807, 2.05) is 27.7 Å². The molecule has 96 valence electrons. The Morgan fingerprint density at radius 1 is 1.38 bits per heavy atom. The molecule has 5 heteroatoms. The van der Waals surface area contributed by atoms with Crippen LogP contribution in [0, 0.1) is 5.41 Å². The molecule has 0 spiro atoms. The fourth-order valence-electron chi connectivity index (χ4n) is 1.14. The Morgan fingerprint density at radius 3 is 2.38 bits per heavy atom. The summed E-state index contributed by atoms with van der Waals surface area (Å²) in [5.41, 5.74) is 0.697. The lowest BCUT2D eigenvalue weighted by Crippen LogP contribution is -2.34. The van der Waals surface area contributed by atoms with E-state index in [0.29, 0.717) is 19.8 Å². The summed E-state index contributed by atoms with van der Waals surface area (Å²) in [7, 11) is -3.19. The van der Waals surface area contributed by atoms with Crippen LogP contribution in [0.15, 0.2) is 12.2 Å². The molecule has 0 aliphatic heterocycles. The van der Waals surface area contributed by atoms with Crippen LogP contribution in [0.25, 0.3) is 0 Å². The minimum absolute atomic E-state index is 0.125. The number of sulfonamides is 1. The first-order valence-corrected chi connectivity index (χ1v) is 6.97. The maximum Gasteiger partial charge on any atom is 0.212 e. The highest BCUT2D eigenvalue weighted by molar-refractivity contribution is 7.89. The van der Waals surface area contributed by atoms with Gasteiger partial charge in [-0.2, -0.15) is 0 Å². The maximum absolute atomic E-state index is 11.6. The van der Waals surface area contributed by atoms with Crippen LogP contribution in [-0.4, -0.2) is 33.9 Å². The second-order valence-corrected chi connectivity index (χ2v) is 7.03. The number of hydrogen-bond donors (Lipinski definition) is 1. The van der Waals surface area contributed by atoms with Gasteiger partial charge in [-0.15, -0.1) is 0 Å². The van der Waals surface area contributed by atoms with Gasteiger partial charge in [0.1, 0.15) is 0 Å². The summed E-state index contributed by atoms with van der Waals surface area (Å²) >= 11 is 0. The van der Waals surface area contributed by atoms with E-state index in [1.54, 1.807) is 0 Å². The second-order valence-electron chi connectivity index (χ2n) is 5.22. The molecule has 0 aromatic carbocycles. The zero-order valence-corrected chi connectivity index (χ0v) is 11.5. The molecular weight excluding hydrogens is 226 g/mol. The molecule has 0 unspecified atom stereocenters. The Balaban J connectivity index is 3.80. The lowest BCUT2D eigenvalue weighted by molar-refractivity contribution is 0.162. The molecule has 0 aromatic rings. The molecule has 4 nitrogen and oxygen atoms in total. The molecule has 16 heavy (non-hydrogen) atoms. The van der Waals surface area contributed by atoms with Gasteiger partial charge in [-0.1, -0.05) is 32.9 Å². The molecule has 0 radical (unpaired) electrons. The van der Waals surface area contributed by atoms with E-state index in [0.717, 1.165) is 5.57 Å². The minimum Gasteiger partial charge on any atom is -0.376 e. The molecule has 0 fully saturated rings. The third-order valence-electron chi connectivity index (χ3n) is 1.54. The van der Waals surface area contributed by atoms with Crippen molar-refractivity contribution in [1.82, 2.24) is 4.72 Å². The first kappa shape index (κ1) is 15.6. The second kappa shape index (κ2) is 6.37. The summed E-state index contributed by atoms with van der Waals surface area (Å²) in [6.45, 7) is 12.4. The predicted octanol–water partition coefficient (Wildman–Crippen LogP) is 1.54. The van der Waals surface area contributed by atoms with Gasteiger partial charge in [-0.25, -0.2) is 13.1 Å². The summed E-state index contributed by atoms with van der Waals surface area (Å²) in [4.78, 5) is 0. The fraction of sp³-hybridized carbons (Fsp3) is 0.818. The van der Waals surface area contributed by atoms with Gasteiger partial charge < -0.3 is 4.74 Å². The van der Waals surface area contributed by atoms with E-state index in [2.05, 4.69) is 11.3 Å². The van der Waals surface area contributed by atoms with Gasteiger partial charge in [0.05, 0.1) is 19.0 Å². The van der Waals surface area contributed by atoms with E-state index in [4.69, 9.17) is 4.74 Å². The fourth-order valence-corrected chi connectivity index (χ4v) is 2.77. The first-order chi connectivity index (χ1) is 7.12. The van der Waals surface area contributed by atoms with Crippen molar-refractivity contribution in [2.45, 2.75) is 27.7 Å². The Morgan fingerprint density at radius 2 is 1.94 bits per heavy atom. The van der Waals surface area contributed by atoms with Crippen molar-refractivity contribution in [3.05, 3.63) is 12.2 Å². The molecular formula is C11H23NO3S. The number of nitrogens with one attached hydrogen (secondary N) is 1. The van der Waals surface area contributed by atoms with Crippen molar-refractivity contribution in [2.75, 3.05) is 25.5 Å². The van der Waals surface area contributed by atoms with Crippen molar-refractivity contribution >= 4 is 10.0 Å². The van der Waals surface area contributed by atoms with Crippen molar-refractivity contribution < 1.29 is 13.2 Å². The number of rotatable bonds is 7. The van der Waals surface area contributed by atoms with Gasteiger partial charge in [0.25, 0.3) is 0 Å². The average Bonchev–Trinajstić information content (AvgIpc) is 1.97. The van der Waals surface area contributed by atoms with Crippen LogP contribution < -0.4 is 4.72 Å². The lowest BCUT2D eigenvalue weighted by Gasteiger charge is -2.18. The summed E-state index contributed by atoms with van der Waals surface area (Å²) in [6.07, 6.45) is 0. The highest BCUT2D eigenvalue weighted by Gasteiger charge is 2.20. The molecule has 0 aliphatic rings. The molecule has 0 atom stereocenters. The maximum atomic E-state index is 11.6. The van der Waals surface area contributed by atoms with Gasteiger partial charge in [0.15, 0.2) is 0 Å². The van der Waals surface area contributed by atoms with E-state index in [1.165, 1.54) is 0 Å². The average molecular weight is 249 g/mol. The SMILES string of the molecule is C=C(C)COCCNS(=O)(=O)CC(C)(C)C.